The highest BCUT2D eigenvalue weighted by Gasteiger charge is 2.29. The first-order chi connectivity index (χ1) is 10.2. The largest absolute Gasteiger partial charge is 0.338 e. The van der Waals surface area contributed by atoms with Crippen LogP contribution in [0.4, 0.5) is 0 Å². The summed E-state index contributed by atoms with van der Waals surface area (Å²) in [5, 5.41) is 7.16. The zero-order valence-corrected chi connectivity index (χ0v) is 12.6. The third-order valence-electron chi connectivity index (χ3n) is 4.36. The summed E-state index contributed by atoms with van der Waals surface area (Å²) in [4.78, 5) is 14.5. The van der Waals surface area contributed by atoms with Crippen molar-refractivity contribution >= 4 is 5.91 Å². The van der Waals surface area contributed by atoms with Gasteiger partial charge in [0.15, 0.2) is 0 Å². The molecule has 21 heavy (non-hydrogen) atoms. The minimum Gasteiger partial charge on any atom is -0.338 e. The highest BCUT2D eigenvalue weighted by atomic mass is 16.2. The first kappa shape index (κ1) is 13.9. The molecule has 1 aliphatic rings. The van der Waals surface area contributed by atoms with Crippen LogP contribution in [-0.2, 0) is 6.42 Å². The van der Waals surface area contributed by atoms with Gasteiger partial charge in [0.05, 0.1) is 6.20 Å². The summed E-state index contributed by atoms with van der Waals surface area (Å²) in [6, 6.07) is 7.96. The van der Waals surface area contributed by atoms with Gasteiger partial charge in [-0.2, -0.15) is 5.10 Å². The van der Waals surface area contributed by atoms with Gasteiger partial charge in [-0.15, -0.1) is 0 Å². The molecule has 4 nitrogen and oxygen atoms in total. The summed E-state index contributed by atoms with van der Waals surface area (Å²) < 4.78 is 0. The Morgan fingerprint density at radius 1 is 1.38 bits per heavy atom. The quantitative estimate of drug-likeness (QED) is 0.941. The van der Waals surface area contributed by atoms with Gasteiger partial charge in [-0.25, -0.2) is 0 Å². The van der Waals surface area contributed by atoms with E-state index in [1.165, 1.54) is 16.8 Å². The average Bonchev–Trinajstić information content (AvgIpc) is 3.15. The summed E-state index contributed by atoms with van der Waals surface area (Å²) in [6.45, 7) is 5.77. The molecule has 0 radical (unpaired) electrons. The van der Waals surface area contributed by atoms with Gasteiger partial charge in [0.1, 0.15) is 0 Å². The average molecular weight is 283 g/mol. The zero-order chi connectivity index (χ0) is 14.8. The number of hydrogen-bond acceptors (Lipinski definition) is 2. The number of amides is 1. The Bertz CT molecular complexity index is 630. The Morgan fingerprint density at radius 2 is 2.14 bits per heavy atom. The number of benzene rings is 1. The topological polar surface area (TPSA) is 49.0 Å². The highest BCUT2D eigenvalue weighted by molar-refractivity contribution is 5.94. The summed E-state index contributed by atoms with van der Waals surface area (Å²) in [5.74, 6) is 0.517. The van der Waals surface area contributed by atoms with Crippen molar-refractivity contribution in [3.05, 3.63) is 52.8 Å². The van der Waals surface area contributed by atoms with Gasteiger partial charge in [-0.1, -0.05) is 19.1 Å². The van der Waals surface area contributed by atoms with E-state index in [9.17, 15) is 4.79 Å². The van der Waals surface area contributed by atoms with E-state index in [0.29, 0.717) is 5.92 Å². The molecule has 2 heterocycles. The van der Waals surface area contributed by atoms with E-state index in [4.69, 9.17) is 0 Å². The van der Waals surface area contributed by atoms with Crippen molar-refractivity contribution in [2.75, 3.05) is 13.1 Å². The van der Waals surface area contributed by atoms with E-state index in [2.05, 4.69) is 24.0 Å². The predicted octanol–water partition coefficient (Wildman–Crippen LogP) is 2.91. The second kappa shape index (κ2) is 5.72. The molecule has 1 saturated heterocycles. The second-order valence-electron chi connectivity index (χ2n) is 5.75. The molecular weight excluding hydrogens is 262 g/mol. The molecule has 0 aliphatic carbocycles. The molecule has 4 heteroatoms. The van der Waals surface area contributed by atoms with E-state index < -0.39 is 0 Å². The Kier molecular flexibility index (Phi) is 3.78. The molecule has 1 fully saturated rings. The third kappa shape index (κ3) is 2.71. The van der Waals surface area contributed by atoms with Gasteiger partial charge in [0, 0.05) is 30.3 Å². The molecular formula is C17H21N3O. The smallest absolute Gasteiger partial charge is 0.253 e. The van der Waals surface area contributed by atoms with Crippen molar-refractivity contribution in [3.63, 3.8) is 0 Å². The Hall–Kier alpha value is -2.10. The highest BCUT2D eigenvalue weighted by Crippen LogP contribution is 2.28. The Morgan fingerprint density at radius 3 is 2.76 bits per heavy atom. The summed E-state index contributed by atoms with van der Waals surface area (Å²) in [7, 11) is 0. The fourth-order valence-corrected chi connectivity index (χ4v) is 3.02. The number of rotatable bonds is 3. The molecule has 0 bridgehead atoms. The molecule has 0 saturated carbocycles. The maximum absolute atomic E-state index is 12.5. The maximum atomic E-state index is 12.5. The van der Waals surface area contributed by atoms with E-state index in [1.54, 1.807) is 0 Å². The molecule has 110 valence electrons. The lowest BCUT2D eigenvalue weighted by atomic mass is 10.0. The molecule has 0 unspecified atom stereocenters. The van der Waals surface area contributed by atoms with Crippen LogP contribution in [-0.4, -0.2) is 34.1 Å². The fourth-order valence-electron chi connectivity index (χ4n) is 3.02. The van der Waals surface area contributed by atoms with Crippen LogP contribution < -0.4 is 0 Å². The van der Waals surface area contributed by atoms with Crippen LogP contribution in [0, 0.1) is 6.92 Å². The summed E-state index contributed by atoms with van der Waals surface area (Å²) >= 11 is 0. The predicted molar refractivity (Wildman–Crippen MR) is 82.4 cm³/mol. The van der Waals surface area contributed by atoms with Crippen LogP contribution in [0.2, 0.25) is 0 Å². The van der Waals surface area contributed by atoms with Crippen molar-refractivity contribution in [3.8, 4) is 0 Å². The van der Waals surface area contributed by atoms with E-state index in [1.807, 2.05) is 35.4 Å². The van der Waals surface area contributed by atoms with E-state index in [0.717, 1.165) is 31.5 Å². The first-order valence-electron chi connectivity index (χ1n) is 7.57. The molecule has 1 N–H and O–H groups in total. The van der Waals surface area contributed by atoms with Crippen LogP contribution in [0.15, 0.2) is 30.5 Å². The normalized spacial score (nSPS) is 18.2. The van der Waals surface area contributed by atoms with E-state index >= 15 is 0 Å². The minimum atomic E-state index is 0.136. The molecule has 1 aromatic heterocycles. The van der Waals surface area contributed by atoms with Crippen LogP contribution in [0.25, 0.3) is 0 Å². The number of hydrogen-bond donors (Lipinski definition) is 1. The number of H-pyrrole nitrogens is 1. The van der Waals surface area contributed by atoms with E-state index in [-0.39, 0.29) is 5.91 Å². The van der Waals surface area contributed by atoms with Crippen molar-refractivity contribution < 1.29 is 4.79 Å². The standard InChI is InChI=1S/C17H21N3O/c1-3-13-4-6-14(7-5-13)17(21)20-9-8-15(11-20)16-12(2)10-18-19-16/h4-7,10,15H,3,8-9,11H2,1-2H3,(H,18,19)/t15-/m0/s1. The van der Waals surface area contributed by atoms with Gasteiger partial charge in [0.25, 0.3) is 5.91 Å². The molecule has 1 amide bonds. The number of aromatic nitrogens is 2. The van der Waals surface area contributed by atoms with Crippen LogP contribution >= 0.6 is 0 Å². The summed E-state index contributed by atoms with van der Waals surface area (Å²) in [5.41, 5.74) is 4.40. The Balaban J connectivity index is 1.70. The lowest BCUT2D eigenvalue weighted by Gasteiger charge is -2.16. The monoisotopic (exact) mass is 283 g/mol. The molecule has 2 aromatic rings. The van der Waals surface area contributed by atoms with Crippen molar-refractivity contribution in [2.24, 2.45) is 0 Å². The molecule has 1 aromatic carbocycles. The lowest BCUT2D eigenvalue weighted by Crippen LogP contribution is -2.28. The molecule has 1 aliphatic heterocycles. The number of aromatic amines is 1. The minimum absolute atomic E-state index is 0.136. The van der Waals surface area contributed by atoms with Gasteiger partial charge in [-0.3, -0.25) is 9.89 Å². The molecule has 3 rings (SSSR count). The van der Waals surface area contributed by atoms with Crippen LogP contribution in [0.3, 0.4) is 0 Å². The molecule has 1 atom stereocenters. The second-order valence-corrected chi connectivity index (χ2v) is 5.75. The van der Waals surface area contributed by atoms with Gasteiger partial charge >= 0.3 is 0 Å². The number of nitrogens with one attached hydrogen (secondary N) is 1. The maximum Gasteiger partial charge on any atom is 0.253 e. The lowest BCUT2D eigenvalue weighted by molar-refractivity contribution is 0.0790. The number of carbonyl (C=O) groups is 1. The molecule has 0 spiro atoms. The number of likely N-dealkylation sites (tertiary alicyclic amines) is 1. The first-order valence-corrected chi connectivity index (χ1v) is 7.57. The van der Waals surface area contributed by atoms with Crippen molar-refractivity contribution in [1.82, 2.24) is 15.1 Å². The zero-order valence-electron chi connectivity index (χ0n) is 12.6. The fraction of sp³-hybridized carbons (Fsp3) is 0.412. The number of nitrogens with zero attached hydrogens (tertiary/aromatic N) is 2. The Labute approximate surface area is 125 Å². The van der Waals surface area contributed by atoms with Gasteiger partial charge in [-0.05, 0) is 43.0 Å². The SMILES string of the molecule is CCc1ccc(C(=O)N2CC[C@H](c3[nH]ncc3C)C2)cc1. The van der Waals surface area contributed by atoms with Gasteiger partial charge in [0.2, 0.25) is 0 Å². The number of carbonyl (C=O) groups excluding carboxylic acids is 1. The van der Waals surface area contributed by atoms with Crippen molar-refractivity contribution in [1.29, 1.82) is 0 Å². The van der Waals surface area contributed by atoms with Crippen LogP contribution in [0.5, 0.6) is 0 Å². The number of aryl methyl sites for hydroxylation is 2. The van der Waals surface area contributed by atoms with Crippen LogP contribution in [0.1, 0.15) is 46.4 Å². The third-order valence-corrected chi connectivity index (χ3v) is 4.36. The summed E-state index contributed by atoms with van der Waals surface area (Å²) in [6.07, 6.45) is 3.85. The van der Waals surface area contributed by atoms with Gasteiger partial charge < -0.3 is 4.90 Å². The van der Waals surface area contributed by atoms with Crippen molar-refractivity contribution in [2.45, 2.75) is 32.6 Å².